The third-order valence-electron chi connectivity index (χ3n) is 3.29. The molecule has 0 saturated heterocycles. The van der Waals surface area contributed by atoms with Crippen molar-refractivity contribution in [3.63, 3.8) is 0 Å². The van der Waals surface area contributed by atoms with Gasteiger partial charge in [0, 0.05) is 21.9 Å². The maximum absolute atomic E-state index is 12.6. The fraction of sp³-hybridized carbons (Fsp3) is 0.412. The lowest BCUT2D eigenvalue weighted by atomic mass is 9.93. The van der Waals surface area contributed by atoms with Gasteiger partial charge in [0.05, 0.1) is 10.5 Å². The van der Waals surface area contributed by atoms with E-state index in [1.54, 1.807) is 12.1 Å². The molecule has 22 heavy (non-hydrogen) atoms. The molecule has 0 amide bonds. The average molecular weight is 319 g/mol. The van der Waals surface area contributed by atoms with E-state index in [2.05, 4.69) is 0 Å². The number of aromatic hydroxyl groups is 1. The van der Waals surface area contributed by atoms with Crippen LogP contribution in [0.15, 0.2) is 29.2 Å². The molecule has 2 rings (SSSR count). The number of carbonyl (C=O) groups is 2. The van der Waals surface area contributed by atoms with E-state index >= 15 is 0 Å². The molecule has 1 aromatic carbocycles. The smallest absolute Gasteiger partial charge is 0.200 e. The van der Waals surface area contributed by atoms with Crippen molar-refractivity contribution in [1.29, 1.82) is 0 Å². The summed E-state index contributed by atoms with van der Waals surface area (Å²) in [5.41, 5.74) is 6.05. The van der Waals surface area contributed by atoms with Crippen molar-refractivity contribution in [2.24, 2.45) is 5.73 Å². The highest BCUT2D eigenvalue weighted by atomic mass is 32.2. The first-order valence-corrected chi connectivity index (χ1v) is 7.92. The van der Waals surface area contributed by atoms with Crippen LogP contribution in [-0.2, 0) is 0 Å². The van der Waals surface area contributed by atoms with Gasteiger partial charge in [-0.1, -0.05) is 19.9 Å². The largest absolute Gasteiger partial charge is 0.507 e. The van der Waals surface area contributed by atoms with Gasteiger partial charge in [0.15, 0.2) is 11.6 Å². The van der Waals surface area contributed by atoms with Gasteiger partial charge < -0.3 is 10.8 Å². The van der Waals surface area contributed by atoms with Crippen LogP contribution < -0.4 is 5.73 Å². The first-order chi connectivity index (χ1) is 10.0. The number of thioether (sulfide) groups is 1. The van der Waals surface area contributed by atoms with E-state index in [1.165, 1.54) is 23.9 Å². The second kappa shape index (κ2) is 5.56. The minimum absolute atomic E-state index is 0.0915. The summed E-state index contributed by atoms with van der Waals surface area (Å²) in [5, 5.41) is 9.79. The molecule has 0 unspecified atom stereocenters. The molecule has 0 saturated carbocycles. The van der Waals surface area contributed by atoms with Crippen LogP contribution in [0, 0.1) is 0 Å². The van der Waals surface area contributed by atoms with Crippen LogP contribution in [-0.4, -0.2) is 27.0 Å². The number of benzene rings is 1. The average Bonchev–Trinajstić information content (AvgIpc) is 2.31. The number of carbonyl (C=O) groups excluding carboxylic acids is 2. The number of Topliss-reactive ketones (excluding diaryl/α,β-unsaturated/α-hetero) is 1. The molecule has 0 aliphatic heterocycles. The van der Waals surface area contributed by atoms with E-state index in [9.17, 15) is 14.7 Å². The molecular weight excluding hydrogens is 298 g/mol. The van der Waals surface area contributed by atoms with Crippen LogP contribution in [0.1, 0.15) is 54.8 Å². The highest BCUT2D eigenvalue weighted by Crippen LogP contribution is 2.41. The number of hydrogen-bond acceptors (Lipinski definition) is 5. The molecule has 3 N–H and O–H groups in total. The predicted octanol–water partition coefficient (Wildman–Crippen LogP) is 3.29. The van der Waals surface area contributed by atoms with Gasteiger partial charge in [-0.2, -0.15) is 0 Å². The van der Waals surface area contributed by atoms with E-state index in [1.807, 2.05) is 27.7 Å². The van der Waals surface area contributed by atoms with E-state index < -0.39 is 0 Å². The van der Waals surface area contributed by atoms with Crippen LogP contribution in [0.3, 0.4) is 0 Å². The highest BCUT2D eigenvalue weighted by Gasteiger charge is 2.34. The van der Waals surface area contributed by atoms with Gasteiger partial charge in [0.1, 0.15) is 5.75 Å². The van der Waals surface area contributed by atoms with E-state index in [4.69, 9.17) is 5.73 Å². The normalized spacial score (nSPS) is 15.6. The van der Waals surface area contributed by atoms with Crippen molar-refractivity contribution in [3.8, 4) is 5.75 Å². The Balaban J connectivity index is 2.32. The molecule has 0 heterocycles. The number of ketones is 2. The molecule has 0 aromatic heterocycles. The van der Waals surface area contributed by atoms with Crippen LogP contribution in [0.2, 0.25) is 0 Å². The van der Waals surface area contributed by atoms with E-state index in [0.717, 1.165) is 0 Å². The lowest BCUT2D eigenvalue weighted by Crippen LogP contribution is -2.39. The summed E-state index contributed by atoms with van der Waals surface area (Å²) in [6, 6.07) is 4.56. The molecule has 4 nitrogen and oxygen atoms in total. The Morgan fingerprint density at radius 2 is 1.82 bits per heavy atom. The SMILES string of the molecule is CC(C)(N)CC(C)(C)SC1=CC(=O)c2c(O)cccc2C1=O. The number of nitrogens with two attached hydrogens (primary N) is 1. The molecule has 118 valence electrons. The molecule has 5 heteroatoms. The van der Waals surface area contributed by atoms with Crippen LogP contribution in [0.5, 0.6) is 5.75 Å². The maximum Gasteiger partial charge on any atom is 0.200 e. The van der Waals surface area contributed by atoms with Crippen molar-refractivity contribution >= 4 is 23.3 Å². The number of fused-ring (bicyclic) bond motifs is 1. The quantitative estimate of drug-likeness (QED) is 0.890. The van der Waals surface area contributed by atoms with Gasteiger partial charge in [0.25, 0.3) is 0 Å². The molecule has 0 atom stereocenters. The summed E-state index contributed by atoms with van der Waals surface area (Å²) in [4.78, 5) is 25.2. The molecule has 1 aliphatic carbocycles. The lowest BCUT2D eigenvalue weighted by Gasteiger charge is -2.32. The summed E-state index contributed by atoms with van der Waals surface area (Å²) >= 11 is 1.36. The van der Waals surface area contributed by atoms with Crippen LogP contribution in [0.4, 0.5) is 0 Å². The number of hydrogen-bond donors (Lipinski definition) is 2. The molecule has 0 radical (unpaired) electrons. The summed E-state index contributed by atoms with van der Waals surface area (Å²) in [6.07, 6.45) is 2.01. The number of phenols is 1. The first kappa shape index (κ1) is 16.8. The molecule has 0 bridgehead atoms. The van der Waals surface area contributed by atoms with Crippen LogP contribution in [0.25, 0.3) is 0 Å². The van der Waals surface area contributed by atoms with Crippen molar-refractivity contribution in [1.82, 2.24) is 0 Å². The van der Waals surface area contributed by atoms with Crippen molar-refractivity contribution in [2.45, 2.75) is 44.4 Å². The predicted molar refractivity (Wildman–Crippen MR) is 89.4 cm³/mol. The Morgan fingerprint density at radius 1 is 1.18 bits per heavy atom. The zero-order valence-electron chi connectivity index (χ0n) is 13.3. The minimum Gasteiger partial charge on any atom is -0.507 e. The Morgan fingerprint density at radius 3 is 2.41 bits per heavy atom. The summed E-state index contributed by atoms with van der Waals surface area (Å²) in [7, 11) is 0. The minimum atomic E-state index is -0.366. The monoisotopic (exact) mass is 319 g/mol. The third kappa shape index (κ3) is 3.59. The van der Waals surface area contributed by atoms with E-state index in [-0.39, 0.29) is 38.7 Å². The zero-order chi connectivity index (χ0) is 16.7. The fourth-order valence-corrected chi connectivity index (χ4v) is 4.29. The van der Waals surface area contributed by atoms with Crippen molar-refractivity contribution in [2.75, 3.05) is 0 Å². The Kier molecular flexibility index (Phi) is 4.24. The first-order valence-electron chi connectivity index (χ1n) is 7.11. The molecule has 1 aromatic rings. The standard InChI is InChI=1S/C17H21NO3S/c1-16(2,18)9-17(3,4)22-13-8-12(20)14-10(15(13)21)6-5-7-11(14)19/h5-8,19H,9,18H2,1-4H3. The molecule has 0 spiro atoms. The van der Waals surface area contributed by atoms with E-state index in [0.29, 0.717) is 11.3 Å². The Bertz CT molecular complexity index is 669. The van der Waals surface area contributed by atoms with Crippen molar-refractivity contribution in [3.05, 3.63) is 40.3 Å². The molecule has 1 aliphatic rings. The number of rotatable bonds is 4. The van der Waals surface area contributed by atoms with Crippen molar-refractivity contribution < 1.29 is 14.7 Å². The Hall–Kier alpha value is -1.59. The lowest BCUT2D eigenvalue weighted by molar-refractivity contribution is 0.0988. The van der Waals surface area contributed by atoms with Crippen LogP contribution >= 0.6 is 11.8 Å². The number of phenolic OH excluding ortho intramolecular Hbond substituents is 1. The fourth-order valence-electron chi connectivity index (χ4n) is 2.88. The molecule has 0 fully saturated rings. The summed E-state index contributed by atoms with van der Waals surface area (Å²) in [5.74, 6) is -0.713. The Labute approximate surface area is 134 Å². The third-order valence-corrected chi connectivity index (χ3v) is 4.51. The van der Waals surface area contributed by atoms with Gasteiger partial charge in [-0.25, -0.2) is 0 Å². The van der Waals surface area contributed by atoms with Gasteiger partial charge >= 0.3 is 0 Å². The number of allylic oxidation sites excluding steroid dienone is 2. The summed E-state index contributed by atoms with van der Waals surface area (Å²) < 4.78 is -0.283. The zero-order valence-corrected chi connectivity index (χ0v) is 14.1. The second-order valence-corrected chi connectivity index (χ2v) is 8.68. The second-order valence-electron chi connectivity index (χ2n) is 6.93. The van der Waals surface area contributed by atoms with Gasteiger partial charge in [-0.3, -0.25) is 9.59 Å². The topological polar surface area (TPSA) is 80.4 Å². The maximum atomic E-state index is 12.6. The molecular formula is C17H21NO3S. The summed E-state index contributed by atoms with van der Waals surface area (Å²) in [6.45, 7) is 7.88. The van der Waals surface area contributed by atoms with Gasteiger partial charge in [-0.15, -0.1) is 11.8 Å². The van der Waals surface area contributed by atoms with Gasteiger partial charge in [0.2, 0.25) is 0 Å². The van der Waals surface area contributed by atoms with Gasteiger partial charge in [-0.05, 0) is 32.4 Å². The highest BCUT2D eigenvalue weighted by molar-refractivity contribution is 8.05.